The minimum atomic E-state index is -0.544. The van der Waals surface area contributed by atoms with Crippen LogP contribution >= 0.6 is 11.3 Å². The Hall–Kier alpha value is -3.65. The van der Waals surface area contributed by atoms with Gasteiger partial charge in [-0.05, 0) is 42.3 Å². The van der Waals surface area contributed by atoms with Gasteiger partial charge in [0.1, 0.15) is 5.56 Å². The first-order chi connectivity index (χ1) is 14.0. The number of nitrogens with zero attached hydrogens (tertiary/aromatic N) is 4. The maximum absolute atomic E-state index is 13.4. The third-order valence-corrected chi connectivity index (χ3v) is 5.44. The molecule has 0 aliphatic heterocycles. The van der Waals surface area contributed by atoms with Crippen LogP contribution in [-0.4, -0.2) is 20.8 Å². The molecule has 2 heterocycles. The fourth-order valence-corrected chi connectivity index (χ4v) is 4.06. The molecule has 2 aromatic heterocycles. The van der Waals surface area contributed by atoms with E-state index in [2.05, 4.69) is 9.97 Å². The molecule has 8 heteroatoms. The second-order valence-corrected chi connectivity index (χ2v) is 7.50. The SMILES string of the molecule is Cc1ccc2nc(N(Cc3cccnc3)C(=O)c3ccccc3[N+](=O)[O-])sc2c1. The van der Waals surface area contributed by atoms with Gasteiger partial charge in [-0.3, -0.25) is 24.8 Å². The lowest BCUT2D eigenvalue weighted by molar-refractivity contribution is -0.385. The van der Waals surface area contributed by atoms with Gasteiger partial charge in [-0.25, -0.2) is 4.98 Å². The number of aromatic nitrogens is 2. The number of hydrogen-bond acceptors (Lipinski definition) is 6. The van der Waals surface area contributed by atoms with Gasteiger partial charge < -0.3 is 0 Å². The molecule has 4 rings (SSSR count). The van der Waals surface area contributed by atoms with Crippen molar-refractivity contribution in [2.75, 3.05) is 4.90 Å². The third kappa shape index (κ3) is 3.83. The van der Waals surface area contributed by atoms with Gasteiger partial charge in [0.05, 0.1) is 21.7 Å². The third-order valence-electron chi connectivity index (χ3n) is 4.40. The summed E-state index contributed by atoms with van der Waals surface area (Å²) >= 11 is 1.38. The molecule has 0 spiro atoms. The highest BCUT2D eigenvalue weighted by atomic mass is 32.1. The second kappa shape index (κ2) is 7.76. The molecule has 144 valence electrons. The number of rotatable bonds is 5. The fourth-order valence-electron chi connectivity index (χ4n) is 2.99. The van der Waals surface area contributed by atoms with E-state index in [1.165, 1.54) is 28.4 Å². The number of carbonyl (C=O) groups is 1. The van der Waals surface area contributed by atoms with Crippen molar-refractivity contribution in [3.63, 3.8) is 0 Å². The van der Waals surface area contributed by atoms with E-state index in [-0.39, 0.29) is 17.8 Å². The highest BCUT2D eigenvalue weighted by Crippen LogP contribution is 2.32. The van der Waals surface area contributed by atoms with Crippen LogP contribution in [0.15, 0.2) is 67.0 Å². The molecule has 0 fully saturated rings. The Morgan fingerprint density at radius 1 is 1.17 bits per heavy atom. The highest BCUT2D eigenvalue weighted by molar-refractivity contribution is 7.22. The Morgan fingerprint density at radius 2 is 2.00 bits per heavy atom. The van der Waals surface area contributed by atoms with Crippen molar-refractivity contribution in [1.29, 1.82) is 0 Å². The summed E-state index contributed by atoms with van der Waals surface area (Å²) < 4.78 is 0.951. The number of nitro groups is 1. The molecule has 7 nitrogen and oxygen atoms in total. The van der Waals surface area contributed by atoms with Crippen LogP contribution in [0.5, 0.6) is 0 Å². The van der Waals surface area contributed by atoms with Gasteiger partial charge in [0, 0.05) is 18.5 Å². The van der Waals surface area contributed by atoms with E-state index in [0.717, 1.165) is 21.3 Å². The molecule has 4 aromatic rings. The second-order valence-electron chi connectivity index (χ2n) is 6.49. The quantitative estimate of drug-likeness (QED) is 0.354. The van der Waals surface area contributed by atoms with Crippen molar-refractivity contribution in [1.82, 2.24) is 9.97 Å². The Labute approximate surface area is 170 Å². The van der Waals surface area contributed by atoms with Crippen molar-refractivity contribution >= 4 is 38.3 Å². The van der Waals surface area contributed by atoms with Gasteiger partial charge in [-0.2, -0.15) is 0 Å². The summed E-state index contributed by atoms with van der Waals surface area (Å²) in [6.07, 6.45) is 3.31. The number of thiazole rings is 1. The summed E-state index contributed by atoms with van der Waals surface area (Å²) in [5.41, 5.74) is 2.47. The molecule has 2 aromatic carbocycles. The first-order valence-corrected chi connectivity index (χ1v) is 9.66. The molecular formula is C21H16N4O3S. The molecule has 1 amide bonds. The minimum Gasteiger partial charge on any atom is -0.279 e. The number of benzene rings is 2. The number of nitro benzene ring substituents is 1. The van der Waals surface area contributed by atoms with Crippen LogP contribution in [0, 0.1) is 17.0 Å². The molecule has 0 aliphatic carbocycles. The zero-order chi connectivity index (χ0) is 20.4. The fraction of sp³-hybridized carbons (Fsp3) is 0.0952. The van der Waals surface area contributed by atoms with Crippen molar-refractivity contribution in [2.24, 2.45) is 0 Å². The number of aryl methyl sites for hydroxylation is 1. The first-order valence-electron chi connectivity index (χ1n) is 8.84. The summed E-state index contributed by atoms with van der Waals surface area (Å²) in [5, 5.41) is 11.9. The maximum Gasteiger partial charge on any atom is 0.282 e. The van der Waals surface area contributed by atoms with Crippen LogP contribution in [0.25, 0.3) is 10.2 Å². The Bertz CT molecular complexity index is 1210. The standard InChI is InChI=1S/C21H16N4O3S/c1-14-8-9-17-19(11-14)29-21(23-17)24(13-15-5-4-10-22-12-15)20(26)16-6-2-3-7-18(16)25(27)28/h2-12H,13H2,1H3. The predicted octanol–water partition coefficient (Wildman–Crippen LogP) is 4.75. The Morgan fingerprint density at radius 3 is 2.76 bits per heavy atom. The summed E-state index contributed by atoms with van der Waals surface area (Å²) in [4.78, 5) is 34.5. The van der Waals surface area contributed by atoms with E-state index in [4.69, 9.17) is 0 Å². The van der Waals surface area contributed by atoms with Crippen LogP contribution in [0.1, 0.15) is 21.5 Å². The van der Waals surface area contributed by atoms with Gasteiger partial charge in [0.2, 0.25) is 0 Å². The van der Waals surface area contributed by atoms with E-state index < -0.39 is 10.8 Å². The van der Waals surface area contributed by atoms with E-state index in [1.807, 2.05) is 31.2 Å². The van der Waals surface area contributed by atoms with Gasteiger partial charge in [0.15, 0.2) is 5.13 Å². The molecule has 0 aliphatic rings. The number of para-hydroxylation sites is 1. The van der Waals surface area contributed by atoms with Crippen molar-refractivity contribution in [3.8, 4) is 0 Å². The molecule has 0 N–H and O–H groups in total. The largest absolute Gasteiger partial charge is 0.282 e. The zero-order valence-corrected chi connectivity index (χ0v) is 16.3. The molecule has 0 radical (unpaired) electrons. The lowest BCUT2D eigenvalue weighted by Crippen LogP contribution is -2.31. The molecule has 0 atom stereocenters. The monoisotopic (exact) mass is 404 g/mol. The number of anilines is 1. The van der Waals surface area contributed by atoms with Crippen LogP contribution < -0.4 is 4.90 Å². The predicted molar refractivity (Wildman–Crippen MR) is 112 cm³/mol. The number of hydrogen-bond donors (Lipinski definition) is 0. The lowest BCUT2D eigenvalue weighted by Gasteiger charge is -2.20. The van der Waals surface area contributed by atoms with Crippen molar-refractivity contribution < 1.29 is 9.72 Å². The van der Waals surface area contributed by atoms with Crippen LogP contribution in [0.4, 0.5) is 10.8 Å². The number of fused-ring (bicyclic) bond motifs is 1. The summed E-state index contributed by atoms with van der Waals surface area (Å²) in [7, 11) is 0. The zero-order valence-electron chi connectivity index (χ0n) is 15.5. The number of amides is 1. The summed E-state index contributed by atoms with van der Waals surface area (Å²) in [5.74, 6) is -0.475. The summed E-state index contributed by atoms with van der Waals surface area (Å²) in [6.45, 7) is 2.20. The van der Waals surface area contributed by atoms with E-state index in [0.29, 0.717) is 5.13 Å². The van der Waals surface area contributed by atoms with E-state index >= 15 is 0 Å². The maximum atomic E-state index is 13.4. The van der Waals surface area contributed by atoms with E-state index in [9.17, 15) is 14.9 Å². The van der Waals surface area contributed by atoms with Crippen LogP contribution in [0.2, 0.25) is 0 Å². The Kier molecular flexibility index (Phi) is 5.01. The Balaban J connectivity index is 1.81. The summed E-state index contributed by atoms with van der Waals surface area (Å²) in [6, 6.07) is 15.5. The first kappa shape index (κ1) is 18.7. The molecule has 0 bridgehead atoms. The molecule has 0 unspecified atom stereocenters. The van der Waals surface area contributed by atoms with Crippen molar-refractivity contribution in [3.05, 3.63) is 93.8 Å². The van der Waals surface area contributed by atoms with Crippen LogP contribution in [-0.2, 0) is 6.54 Å². The molecule has 0 saturated heterocycles. The van der Waals surface area contributed by atoms with Gasteiger partial charge in [-0.1, -0.05) is 35.6 Å². The van der Waals surface area contributed by atoms with Crippen molar-refractivity contribution in [2.45, 2.75) is 13.5 Å². The van der Waals surface area contributed by atoms with Gasteiger partial charge >= 0.3 is 0 Å². The smallest absolute Gasteiger partial charge is 0.279 e. The molecule has 29 heavy (non-hydrogen) atoms. The molecule has 0 saturated carbocycles. The highest BCUT2D eigenvalue weighted by Gasteiger charge is 2.27. The average molecular weight is 404 g/mol. The lowest BCUT2D eigenvalue weighted by atomic mass is 10.1. The topological polar surface area (TPSA) is 89.2 Å². The number of pyridine rings is 1. The van der Waals surface area contributed by atoms with Gasteiger partial charge in [-0.15, -0.1) is 0 Å². The average Bonchev–Trinajstić information content (AvgIpc) is 3.15. The van der Waals surface area contributed by atoms with E-state index in [1.54, 1.807) is 30.6 Å². The van der Waals surface area contributed by atoms with Crippen LogP contribution in [0.3, 0.4) is 0 Å². The van der Waals surface area contributed by atoms with Gasteiger partial charge in [0.25, 0.3) is 11.6 Å². The normalized spacial score (nSPS) is 10.8. The number of carbonyl (C=O) groups excluding carboxylic acids is 1. The molecular weight excluding hydrogens is 388 g/mol. The minimum absolute atomic E-state index is 0.0248.